The van der Waals surface area contributed by atoms with Crippen molar-refractivity contribution in [1.29, 1.82) is 10.5 Å². The number of hydrogen-bond acceptors (Lipinski definition) is 10. The third-order valence-corrected chi connectivity index (χ3v) is 14.0. The van der Waals surface area contributed by atoms with Gasteiger partial charge in [-0.25, -0.2) is 16.8 Å². The monoisotopic (exact) mass is 858 g/mol. The number of likely N-dealkylation sites (tertiary alicyclic amines) is 2. The number of rotatable bonds is 15. The Morgan fingerprint density at radius 1 is 0.840 bits per heavy atom. The van der Waals surface area contributed by atoms with Crippen molar-refractivity contribution in [2.45, 2.75) is 81.2 Å². The fourth-order valence-corrected chi connectivity index (χ4v) is 11.2. The molecule has 2 aromatic carbocycles. The largest absolute Gasteiger partial charge is 0.497 e. The van der Waals surface area contributed by atoms with Crippen molar-refractivity contribution >= 4 is 51.9 Å². The minimum atomic E-state index is -3.79. The first-order valence-electron chi connectivity index (χ1n) is 16.7. The average molecular weight is 861 g/mol. The number of halogens is 2. The van der Waals surface area contributed by atoms with Crippen LogP contribution in [0.2, 0.25) is 0 Å². The van der Waals surface area contributed by atoms with E-state index in [0.717, 1.165) is 30.2 Å². The topological polar surface area (TPSA) is 147 Å². The van der Waals surface area contributed by atoms with E-state index in [1.165, 1.54) is 24.6 Å². The predicted octanol–water partition coefficient (Wildman–Crippen LogP) is 6.24. The molecule has 2 aliphatic heterocycles. The highest BCUT2D eigenvalue weighted by Gasteiger charge is 2.38. The molecule has 2 aliphatic rings. The summed E-state index contributed by atoms with van der Waals surface area (Å²) in [5.41, 5.74) is 0. The van der Waals surface area contributed by atoms with E-state index < -0.39 is 20.0 Å². The second-order valence-electron chi connectivity index (χ2n) is 12.7. The Bertz CT molecular complexity index is 1730. The van der Waals surface area contributed by atoms with E-state index in [9.17, 15) is 16.8 Å². The zero-order valence-electron chi connectivity index (χ0n) is 29.4. The summed E-state index contributed by atoms with van der Waals surface area (Å²) in [6.45, 7) is 9.02. The minimum Gasteiger partial charge on any atom is -0.497 e. The van der Waals surface area contributed by atoms with E-state index in [4.69, 9.17) is 20.0 Å². The molecule has 0 amide bonds. The van der Waals surface area contributed by atoms with Crippen LogP contribution in [0.4, 0.5) is 0 Å². The molecule has 4 rings (SSSR count). The van der Waals surface area contributed by atoms with Crippen molar-refractivity contribution in [3.05, 3.63) is 45.3 Å². The van der Waals surface area contributed by atoms with Gasteiger partial charge in [0.1, 0.15) is 16.4 Å². The van der Waals surface area contributed by atoms with Crippen LogP contribution >= 0.6 is 31.9 Å². The molecule has 276 valence electrons. The Balaban J connectivity index is 0.000000270. The average Bonchev–Trinajstić information content (AvgIpc) is 3.78. The number of ether oxygens (including phenoxy) is 2. The molecule has 2 atom stereocenters. The number of benzene rings is 2. The van der Waals surface area contributed by atoms with Gasteiger partial charge in [0.2, 0.25) is 20.0 Å². The molecular formula is C34H48Br2N6O6S2. The summed E-state index contributed by atoms with van der Waals surface area (Å²) in [6, 6.07) is 9.53. The maximum Gasteiger partial charge on any atom is 0.247 e. The van der Waals surface area contributed by atoms with Gasteiger partial charge in [0.15, 0.2) is 12.4 Å². The summed E-state index contributed by atoms with van der Waals surface area (Å²) in [5.74, 6) is 0.890. The van der Waals surface area contributed by atoms with Crippen LogP contribution in [-0.4, -0.2) is 101 Å². The van der Waals surface area contributed by atoms with Crippen LogP contribution in [0.5, 0.6) is 11.5 Å². The van der Waals surface area contributed by atoms with Crippen molar-refractivity contribution in [1.82, 2.24) is 18.4 Å². The van der Waals surface area contributed by atoms with Crippen molar-refractivity contribution in [3.63, 3.8) is 0 Å². The summed E-state index contributed by atoms with van der Waals surface area (Å²) in [7, 11) is -4.49. The highest BCUT2D eigenvalue weighted by Crippen LogP contribution is 2.34. The lowest BCUT2D eigenvalue weighted by molar-refractivity contribution is 0.290. The molecule has 0 aliphatic carbocycles. The van der Waals surface area contributed by atoms with Crippen molar-refractivity contribution in [3.8, 4) is 23.9 Å². The first-order chi connectivity index (χ1) is 23.7. The summed E-state index contributed by atoms with van der Waals surface area (Å²) in [4.78, 5) is 3.59. The quantitative estimate of drug-likeness (QED) is 0.149. The van der Waals surface area contributed by atoms with Gasteiger partial charge in [0.25, 0.3) is 0 Å². The molecule has 2 aromatic rings. The molecule has 0 N–H and O–H groups in total. The van der Waals surface area contributed by atoms with Crippen LogP contribution in [0.3, 0.4) is 0 Å². The molecule has 2 saturated heterocycles. The molecule has 0 saturated carbocycles. The second-order valence-corrected chi connectivity index (χ2v) is 18.2. The van der Waals surface area contributed by atoms with Gasteiger partial charge in [-0.2, -0.15) is 19.1 Å². The van der Waals surface area contributed by atoms with Gasteiger partial charge in [-0.1, -0.05) is 56.0 Å². The lowest BCUT2D eigenvalue weighted by atomic mass is 10.2. The van der Waals surface area contributed by atoms with E-state index >= 15 is 0 Å². The maximum atomic E-state index is 13.4. The molecule has 50 heavy (non-hydrogen) atoms. The van der Waals surface area contributed by atoms with Crippen LogP contribution in [-0.2, 0) is 20.0 Å². The SMILES string of the molecule is CCCCCCN([C@@H]1CCN(C#N)C1)S(=O)(=O)c1cc(Br)ccc1Br.COc1ccc(OC)c(S(=O)(=O)N(CC(C)C)[C@@H]2CCN(C#N)C2)c1. The number of nitrogens with zero attached hydrogens (tertiary/aromatic N) is 6. The first kappa shape index (κ1) is 41.8. The van der Waals surface area contributed by atoms with Crippen LogP contribution in [0, 0.1) is 28.8 Å². The highest BCUT2D eigenvalue weighted by atomic mass is 79.9. The Morgan fingerprint density at radius 3 is 1.96 bits per heavy atom. The molecular weight excluding hydrogens is 812 g/mol. The molecule has 0 unspecified atom stereocenters. The number of hydrogen-bond donors (Lipinski definition) is 0. The van der Waals surface area contributed by atoms with Crippen molar-refractivity contribution < 1.29 is 26.3 Å². The van der Waals surface area contributed by atoms with Gasteiger partial charge in [0, 0.05) is 66.4 Å². The normalized spacial score (nSPS) is 17.8. The third kappa shape index (κ3) is 10.7. The molecule has 0 bridgehead atoms. The van der Waals surface area contributed by atoms with Crippen LogP contribution < -0.4 is 9.47 Å². The fourth-order valence-electron chi connectivity index (χ4n) is 6.05. The molecule has 0 aromatic heterocycles. The van der Waals surface area contributed by atoms with E-state index in [0.29, 0.717) is 62.3 Å². The molecule has 0 spiro atoms. The smallest absolute Gasteiger partial charge is 0.247 e. The van der Waals surface area contributed by atoms with Crippen molar-refractivity contribution in [2.24, 2.45) is 5.92 Å². The van der Waals surface area contributed by atoms with Gasteiger partial charge in [0.05, 0.1) is 19.1 Å². The lowest BCUT2D eigenvalue weighted by Gasteiger charge is -2.30. The zero-order valence-corrected chi connectivity index (χ0v) is 34.2. The minimum absolute atomic E-state index is 0.0883. The summed E-state index contributed by atoms with van der Waals surface area (Å²) < 4.78 is 68.3. The van der Waals surface area contributed by atoms with E-state index in [2.05, 4.69) is 51.2 Å². The predicted molar refractivity (Wildman–Crippen MR) is 199 cm³/mol. The fraction of sp³-hybridized carbons (Fsp3) is 0.588. The maximum absolute atomic E-state index is 13.4. The number of unbranched alkanes of at least 4 members (excludes halogenated alkanes) is 3. The number of sulfonamides is 2. The zero-order chi connectivity index (χ0) is 37.1. The Hall–Kier alpha value is -2.60. The summed E-state index contributed by atoms with van der Waals surface area (Å²) in [5, 5.41) is 18.2. The third-order valence-electron chi connectivity index (χ3n) is 8.64. The first-order valence-corrected chi connectivity index (χ1v) is 21.2. The van der Waals surface area contributed by atoms with Gasteiger partial charge >= 0.3 is 0 Å². The lowest BCUT2D eigenvalue weighted by Crippen LogP contribution is -2.43. The molecule has 12 nitrogen and oxygen atoms in total. The van der Waals surface area contributed by atoms with Gasteiger partial charge in [-0.3, -0.25) is 0 Å². The van der Waals surface area contributed by atoms with Gasteiger partial charge in [-0.05, 0) is 71.4 Å². The highest BCUT2D eigenvalue weighted by molar-refractivity contribution is 9.11. The van der Waals surface area contributed by atoms with Crippen molar-refractivity contribution in [2.75, 3.05) is 53.5 Å². The molecule has 2 fully saturated rings. The Labute approximate surface area is 315 Å². The van der Waals surface area contributed by atoms with Gasteiger partial charge in [-0.15, -0.1) is 0 Å². The van der Waals surface area contributed by atoms with Crippen LogP contribution in [0.25, 0.3) is 0 Å². The number of methoxy groups -OCH3 is 2. The molecule has 0 radical (unpaired) electrons. The molecule has 16 heteroatoms. The summed E-state index contributed by atoms with van der Waals surface area (Å²) in [6.07, 6.45) is 9.60. The van der Waals surface area contributed by atoms with E-state index in [1.807, 2.05) is 19.9 Å². The van der Waals surface area contributed by atoms with E-state index in [1.54, 1.807) is 38.4 Å². The van der Waals surface area contributed by atoms with E-state index in [-0.39, 0.29) is 33.5 Å². The Kier molecular flexibility index (Phi) is 16.1. The molecule has 2 heterocycles. The van der Waals surface area contributed by atoms with Crippen LogP contribution in [0.15, 0.2) is 55.1 Å². The van der Waals surface area contributed by atoms with Gasteiger partial charge < -0.3 is 19.3 Å². The number of nitriles is 2. The standard InChI is InChI=1S/C17H23Br2N3O2S.C17H25N3O4S/c1-2-3-4-5-9-22(15-8-10-21(12-15)13-20)25(23,24)17-11-14(18)6-7-16(17)19;1-13(2)10-20(14-7-8-19(11-14)12-18)25(21,22)17-9-15(23-3)5-6-16(17)24-4/h6-7,11,15H,2-5,8-10,12H2,1H3;5-6,9,13-14H,7-8,10-11H2,1-4H3/t15-;14-/m11/s1. The summed E-state index contributed by atoms with van der Waals surface area (Å²) >= 11 is 6.73. The van der Waals surface area contributed by atoms with Crippen LogP contribution in [0.1, 0.15) is 59.3 Å². The second kappa shape index (κ2) is 19.3. The Morgan fingerprint density at radius 2 is 1.44 bits per heavy atom.